The zero-order valence-corrected chi connectivity index (χ0v) is 13.4. The zero-order chi connectivity index (χ0) is 17.1. The first-order valence-corrected chi connectivity index (χ1v) is 7.67. The minimum atomic E-state index is 0.193. The fourth-order valence-corrected chi connectivity index (χ4v) is 2.27. The summed E-state index contributed by atoms with van der Waals surface area (Å²) in [4.78, 5) is 4.35. The van der Waals surface area contributed by atoms with Gasteiger partial charge < -0.3 is 13.7 Å². The molecular formula is C18H14N4O3. The molecule has 4 rings (SSSR count). The predicted octanol–water partition coefficient (Wildman–Crippen LogP) is 3.67. The topological polar surface area (TPSA) is 87.1 Å². The number of hydrogen-bond donors (Lipinski definition) is 0. The minimum Gasteiger partial charge on any atom is -0.484 e. The maximum absolute atomic E-state index is 5.67. The van der Waals surface area contributed by atoms with Crippen molar-refractivity contribution in [3.63, 3.8) is 0 Å². The highest BCUT2D eigenvalue weighted by atomic mass is 16.5. The van der Waals surface area contributed by atoms with E-state index in [-0.39, 0.29) is 6.61 Å². The van der Waals surface area contributed by atoms with Crippen LogP contribution in [0.15, 0.2) is 63.9 Å². The Kier molecular flexibility index (Phi) is 3.96. The summed E-state index contributed by atoms with van der Waals surface area (Å²) < 4.78 is 16.0. The highest BCUT2D eigenvalue weighted by Gasteiger charge is 2.09. The van der Waals surface area contributed by atoms with Crippen molar-refractivity contribution in [1.82, 2.24) is 20.3 Å². The zero-order valence-electron chi connectivity index (χ0n) is 13.4. The molecule has 0 bridgehead atoms. The molecule has 0 aliphatic rings. The first kappa shape index (κ1) is 15.1. The van der Waals surface area contributed by atoms with Crippen LogP contribution >= 0.6 is 0 Å². The van der Waals surface area contributed by atoms with Gasteiger partial charge in [-0.15, -0.1) is 10.2 Å². The molecule has 2 aromatic carbocycles. The summed E-state index contributed by atoms with van der Waals surface area (Å²) >= 11 is 0. The molecular weight excluding hydrogens is 320 g/mol. The largest absolute Gasteiger partial charge is 0.484 e. The van der Waals surface area contributed by atoms with Crippen LogP contribution in [0, 0.1) is 6.92 Å². The van der Waals surface area contributed by atoms with Gasteiger partial charge in [0.1, 0.15) is 5.75 Å². The molecule has 0 amide bonds. The van der Waals surface area contributed by atoms with E-state index in [2.05, 4.69) is 20.3 Å². The van der Waals surface area contributed by atoms with Gasteiger partial charge in [0, 0.05) is 11.1 Å². The van der Waals surface area contributed by atoms with Gasteiger partial charge in [-0.1, -0.05) is 35.0 Å². The van der Waals surface area contributed by atoms with E-state index in [1.54, 1.807) is 0 Å². The molecule has 2 aromatic heterocycles. The van der Waals surface area contributed by atoms with E-state index in [1.807, 2.05) is 55.5 Å². The lowest BCUT2D eigenvalue weighted by Crippen LogP contribution is -1.95. The smallest absolute Gasteiger partial charge is 0.264 e. The molecule has 0 saturated heterocycles. The molecule has 0 fully saturated rings. The van der Waals surface area contributed by atoms with E-state index in [9.17, 15) is 0 Å². The van der Waals surface area contributed by atoms with E-state index in [0.717, 1.165) is 11.1 Å². The third-order valence-electron chi connectivity index (χ3n) is 3.60. The standard InChI is InChI=1S/C18H14N4O3/c1-12-2-4-13(5-3-12)17-20-16(25-22-17)10-23-15-8-6-14(7-9-15)18-21-19-11-24-18/h2-9,11H,10H2,1H3. The van der Waals surface area contributed by atoms with Crippen molar-refractivity contribution in [3.8, 4) is 28.6 Å². The summed E-state index contributed by atoms with van der Waals surface area (Å²) in [6.45, 7) is 2.22. The molecule has 2 heterocycles. The molecule has 0 aliphatic heterocycles. The molecule has 0 N–H and O–H groups in total. The number of nitrogens with zero attached hydrogens (tertiary/aromatic N) is 4. The highest BCUT2D eigenvalue weighted by Crippen LogP contribution is 2.21. The lowest BCUT2D eigenvalue weighted by atomic mass is 10.1. The molecule has 25 heavy (non-hydrogen) atoms. The maximum Gasteiger partial charge on any atom is 0.264 e. The average molecular weight is 334 g/mol. The van der Waals surface area contributed by atoms with Crippen LogP contribution in [-0.4, -0.2) is 20.3 Å². The summed E-state index contributed by atoms with van der Waals surface area (Å²) in [6, 6.07) is 15.2. The summed E-state index contributed by atoms with van der Waals surface area (Å²) in [5.41, 5.74) is 2.91. The third kappa shape index (κ3) is 3.40. The van der Waals surface area contributed by atoms with Crippen LogP contribution in [0.25, 0.3) is 22.8 Å². The first-order chi connectivity index (χ1) is 12.3. The average Bonchev–Trinajstić information content (AvgIpc) is 3.33. The van der Waals surface area contributed by atoms with Crippen molar-refractivity contribution in [2.24, 2.45) is 0 Å². The van der Waals surface area contributed by atoms with Crippen molar-refractivity contribution in [3.05, 3.63) is 66.4 Å². The van der Waals surface area contributed by atoms with Crippen LogP contribution in [-0.2, 0) is 6.61 Å². The Labute approximate surface area is 143 Å². The van der Waals surface area contributed by atoms with Gasteiger partial charge in [-0.25, -0.2) is 0 Å². The van der Waals surface area contributed by atoms with Crippen LogP contribution < -0.4 is 4.74 Å². The number of aryl methyl sites for hydroxylation is 1. The quantitative estimate of drug-likeness (QED) is 0.550. The van der Waals surface area contributed by atoms with Crippen LogP contribution in [0.3, 0.4) is 0 Å². The second-order valence-corrected chi connectivity index (χ2v) is 5.43. The normalized spacial score (nSPS) is 10.8. The fraction of sp³-hybridized carbons (Fsp3) is 0.111. The van der Waals surface area contributed by atoms with E-state index in [0.29, 0.717) is 23.4 Å². The number of benzene rings is 2. The molecule has 7 nitrogen and oxygen atoms in total. The first-order valence-electron chi connectivity index (χ1n) is 7.67. The Morgan fingerprint density at radius 3 is 2.44 bits per heavy atom. The van der Waals surface area contributed by atoms with E-state index < -0.39 is 0 Å². The van der Waals surface area contributed by atoms with Gasteiger partial charge in [0.15, 0.2) is 6.61 Å². The van der Waals surface area contributed by atoms with E-state index >= 15 is 0 Å². The molecule has 0 saturated carbocycles. The Bertz CT molecular complexity index is 945. The van der Waals surface area contributed by atoms with Crippen LogP contribution in [0.1, 0.15) is 11.5 Å². The molecule has 4 aromatic rings. The fourth-order valence-electron chi connectivity index (χ4n) is 2.27. The van der Waals surface area contributed by atoms with Gasteiger partial charge in [0.25, 0.3) is 5.89 Å². The van der Waals surface area contributed by atoms with Crippen LogP contribution in [0.2, 0.25) is 0 Å². The van der Waals surface area contributed by atoms with E-state index in [4.69, 9.17) is 13.7 Å². The lowest BCUT2D eigenvalue weighted by Gasteiger charge is -2.03. The highest BCUT2D eigenvalue weighted by molar-refractivity contribution is 5.55. The summed E-state index contributed by atoms with van der Waals surface area (Å²) in [7, 11) is 0. The summed E-state index contributed by atoms with van der Waals surface area (Å²) in [5.74, 6) is 2.10. The Balaban J connectivity index is 1.41. The van der Waals surface area contributed by atoms with Crippen LogP contribution in [0.5, 0.6) is 5.75 Å². The Morgan fingerprint density at radius 1 is 0.960 bits per heavy atom. The summed E-state index contributed by atoms with van der Waals surface area (Å²) in [5, 5.41) is 11.5. The number of ether oxygens (including phenoxy) is 1. The molecule has 0 atom stereocenters. The summed E-state index contributed by atoms with van der Waals surface area (Å²) in [6.07, 6.45) is 1.29. The van der Waals surface area contributed by atoms with Gasteiger partial charge in [0.2, 0.25) is 18.1 Å². The van der Waals surface area contributed by atoms with Gasteiger partial charge >= 0.3 is 0 Å². The second-order valence-electron chi connectivity index (χ2n) is 5.43. The van der Waals surface area contributed by atoms with Crippen molar-refractivity contribution >= 4 is 0 Å². The van der Waals surface area contributed by atoms with Crippen molar-refractivity contribution in [2.75, 3.05) is 0 Å². The third-order valence-corrected chi connectivity index (χ3v) is 3.60. The maximum atomic E-state index is 5.67. The van der Waals surface area contributed by atoms with Crippen molar-refractivity contribution in [2.45, 2.75) is 13.5 Å². The van der Waals surface area contributed by atoms with Gasteiger partial charge in [-0.3, -0.25) is 0 Å². The van der Waals surface area contributed by atoms with E-state index in [1.165, 1.54) is 12.0 Å². The second kappa shape index (κ2) is 6.56. The number of rotatable bonds is 5. The SMILES string of the molecule is Cc1ccc(-c2noc(COc3ccc(-c4nnco4)cc3)n2)cc1. The molecule has 0 unspecified atom stereocenters. The molecule has 124 valence electrons. The number of hydrogen-bond acceptors (Lipinski definition) is 7. The molecule has 0 spiro atoms. The monoisotopic (exact) mass is 334 g/mol. The number of aromatic nitrogens is 4. The van der Waals surface area contributed by atoms with Gasteiger partial charge in [-0.2, -0.15) is 4.98 Å². The molecule has 7 heteroatoms. The minimum absolute atomic E-state index is 0.193. The Morgan fingerprint density at radius 2 is 1.72 bits per heavy atom. The molecule has 0 aliphatic carbocycles. The van der Waals surface area contributed by atoms with Gasteiger partial charge in [-0.05, 0) is 31.2 Å². The van der Waals surface area contributed by atoms with Crippen molar-refractivity contribution in [1.29, 1.82) is 0 Å². The van der Waals surface area contributed by atoms with Crippen molar-refractivity contribution < 1.29 is 13.7 Å². The van der Waals surface area contributed by atoms with Crippen LogP contribution in [0.4, 0.5) is 0 Å². The predicted molar refractivity (Wildman–Crippen MR) is 88.5 cm³/mol. The lowest BCUT2D eigenvalue weighted by molar-refractivity contribution is 0.243. The van der Waals surface area contributed by atoms with Gasteiger partial charge in [0.05, 0.1) is 0 Å². The molecule has 0 radical (unpaired) electrons. The Hall–Kier alpha value is -3.48.